The van der Waals surface area contributed by atoms with E-state index in [0.29, 0.717) is 18.9 Å². The summed E-state index contributed by atoms with van der Waals surface area (Å²) in [5.41, 5.74) is 5.55. The molecular formula is C13H26N2O3. The second kappa shape index (κ2) is 9.88. The lowest BCUT2D eigenvalue weighted by Crippen LogP contribution is -2.32. The summed E-state index contributed by atoms with van der Waals surface area (Å²) in [5, 5.41) is 0. The number of esters is 1. The first kappa shape index (κ1) is 16.9. The molecule has 0 aromatic rings. The average molecular weight is 258 g/mol. The van der Waals surface area contributed by atoms with Gasteiger partial charge in [0.2, 0.25) is 5.91 Å². The molecule has 0 aliphatic heterocycles. The van der Waals surface area contributed by atoms with Crippen molar-refractivity contribution in [3.8, 4) is 0 Å². The van der Waals surface area contributed by atoms with Crippen molar-refractivity contribution < 1.29 is 14.3 Å². The Morgan fingerprint density at radius 3 is 2.44 bits per heavy atom. The molecule has 1 amide bonds. The highest BCUT2D eigenvalue weighted by atomic mass is 16.5. The van der Waals surface area contributed by atoms with Crippen LogP contribution in [0.1, 0.15) is 39.0 Å². The number of nitrogens with two attached hydrogens (primary N) is 1. The molecule has 0 aromatic heterocycles. The van der Waals surface area contributed by atoms with Gasteiger partial charge in [-0.2, -0.15) is 0 Å². The van der Waals surface area contributed by atoms with Crippen molar-refractivity contribution in [1.29, 1.82) is 0 Å². The normalized spacial score (nSPS) is 12.0. The monoisotopic (exact) mass is 258 g/mol. The molecule has 2 N–H and O–H groups in total. The third-order valence-corrected chi connectivity index (χ3v) is 3.06. The third kappa shape index (κ3) is 7.27. The predicted octanol–water partition coefficient (Wildman–Crippen LogP) is 1.16. The molecule has 0 fully saturated rings. The highest BCUT2D eigenvalue weighted by Gasteiger charge is 2.15. The summed E-state index contributed by atoms with van der Waals surface area (Å²) in [4.78, 5) is 24.2. The Morgan fingerprint density at radius 2 is 1.94 bits per heavy atom. The van der Waals surface area contributed by atoms with Gasteiger partial charge in [-0.25, -0.2) is 0 Å². The second-order valence-electron chi connectivity index (χ2n) is 4.60. The van der Waals surface area contributed by atoms with Crippen molar-refractivity contribution in [3.05, 3.63) is 0 Å². The fraction of sp³-hybridized carbons (Fsp3) is 0.846. The van der Waals surface area contributed by atoms with Crippen LogP contribution in [0.2, 0.25) is 0 Å². The van der Waals surface area contributed by atoms with Gasteiger partial charge in [-0.15, -0.1) is 0 Å². The minimum atomic E-state index is -0.391. The Kier molecular flexibility index (Phi) is 9.28. The lowest BCUT2D eigenvalue weighted by atomic mass is 9.94. The Morgan fingerprint density at radius 1 is 1.28 bits per heavy atom. The van der Waals surface area contributed by atoms with Crippen LogP contribution in [-0.4, -0.2) is 44.0 Å². The molecule has 1 unspecified atom stereocenters. The fourth-order valence-electron chi connectivity index (χ4n) is 1.94. The molecule has 18 heavy (non-hydrogen) atoms. The van der Waals surface area contributed by atoms with Gasteiger partial charge in [-0.1, -0.05) is 19.8 Å². The van der Waals surface area contributed by atoms with E-state index in [-0.39, 0.29) is 12.5 Å². The van der Waals surface area contributed by atoms with Crippen molar-refractivity contribution in [2.75, 3.05) is 27.2 Å². The smallest absolute Gasteiger partial charge is 0.325 e. The highest BCUT2D eigenvalue weighted by molar-refractivity contribution is 5.81. The summed E-state index contributed by atoms with van der Waals surface area (Å²) >= 11 is 0. The molecular weight excluding hydrogens is 232 g/mol. The van der Waals surface area contributed by atoms with Crippen LogP contribution < -0.4 is 5.73 Å². The number of likely N-dealkylation sites (N-methyl/N-ethyl adjacent to an activating group) is 1. The Bertz CT molecular complexity index is 251. The molecule has 0 spiro atoms. The molecule has 5 nitrogen and oxygen atoms in total. The standard InChI is InChI=1S/C13H26N2O3/c1-4-5-11(8-9-14)6-7-12(16)15(2)10-13(17)18-3/h11H,4-10,14H2,1-3H3. The summed E-state index contributed by atoms with van der Waals surface area (Å²) in [7, 11) is 2.94. The van der Waals surface area contributed by atoms with Gasteiger partial charge in [0.15, 0.2) is 0 Å². The van der Waals surface area contributed by atoms with Crippen LogP contribution in [0.4, 0.5) is 0 Å². The SMILES string of the molecule is CCCC(CCN)CCC(=O)N(C)CC(=O)OC. The van der Waals surface area contributed by atoms with Crippen LogP contribution in [0, 0.1) is 5.92 Å². The van der Waals surface area contributed by atoms with E-state index in [9.17, 15) is 9.59 Å². The molecule has 0 saturated heterocycles. The van der Waals surface area contributed by atoms with E-state index in [4.69, 9.17) is 5.73 Å². The summed E-state index contributed by atoms with van der Waals surface area (Å²) in [5.74, 6) is 0.104. The van der Waals surface area contributed by atoms with Crippen LogP contribution in [0.5, 0.6) is 0 Å². The zero-order chi connectivity index (χ0) is 14.0. The molecule has 0 radical (unpaired) electrons. The van der Waals surface area contributed by atoms with Crippen molar-refractivity contribution in [2.24, 2.45) is 11.7 Å². The molecule has 0 bridgehead atoms. The van der Waals surface area contributed by atoms with E-state index in [1.54, 1.807) is 7.05 Å². The highest BCUT2D eigenvalue weighted by Crippen LogP contribution is 2.17. The van der Waals surface area contributed by atoms with E-state index in [1.807, 2.05) is 0 Å². The quantitative estimate of drug-likeness (QED) is 0.630. The lowest BCUT2D eigenvalue weighted by molar-refractivity contribution is -0.146. The zero-order valence-electron chi connectivity index (χ0n) is 11.8. The second-order valence-corrected chi connectivity index (χ2v) is 4.60. The number of nitrogens with zero attached hydrogens (tertiary/aromatic N) is 1. The number of carbonyl (C=O) groups is 2. The Labute approximate surface area is 110 Å². The number of hydrogen-bond acceptors (Lipinski definition) is 4. The number of amides is 1. The number of ether oxygens (including phenoxy) is 1. The lowest BCUT2D eigenvalue weighted by Gasteiger charge is -2.18. The maximum absolute atomic E-state index is 11.8. The number of methoxy groups -OCH3 is 1. The van der Waals surface area contributed by atoms with Crippen molar-refractivity contribution in [1.82, 2.24) is 4.90 Å². The van der Waals surface area contributed by atoms with Gasteiger partial charge in [0.25, 0.3) is 0 Å². The maximum atomic E-state index is 11.8. The van der Waals surface area contributed by atoms with Gasteiger partial charge >= 0.3 is 5.97 Å². The topological polar surface area (TPSA) is 72.6 Å². The fourth-order valence-corrected chi connectivity index (χ4v) is 1.94. The minimum Gasteiger partial charge on any atom is -0.468 e. The van der Waals surface area contributed by atoms with E-state index in [2.05, 4.69) is 11.7 Å². The van der Waals surface area contributed by atoms with Gasteiger partial charge in [-0.3, -0.25) is 9.59 Å². The van der Waals surface area contributed by atoms with Gasteiger partial charge in [-0.05, 0) is 25.3 Å². The zero-order valence-corrected chi connectivity index (χ0v) is 11.8. The number of hydrogen-bond donors (Lipinski definition) is 1. The first-order chi connectivity index (χ1) is 8.54. The maximum Gasteiger partial charge on any atom is 0.325 e. The Hall–Kier alpha value is -1.10. The molecule has 5 heteroatoms. The molecule has 106 valence electrons. The van der Waals surface area contributed by atoms with Crippen LogP contribution in [0.15, 0.2) is 0 Å². The average Bonchev–Trinajstić information content (AvgIpc) is 2.35. The van der Waals surface area contributed by atoms with E-state index >= 15 is 0 Å². The van der Waals surface area contributed by atoms with Gasteiger partial charge in [0.05, 0.1) is 7.11 Å². The first-order valence-corrected chi connectivity index (χ1v) is 6.55. The molecule has 0 aromatic carbocycles. The summed E-state index contributed by atoms with van der Waals surface area (Å²) in [6.07, 6.45) is 4.48. The number of rotatable bonds is 9. The number of carbonyl (C=O) groups excluding carboxylic acids is 2. The molecule has 0 aliphatic rings. The van der Waals surface area contributed by atoms with Gasteiger partial charge < -0.3 is 15.4 Å². The third-order valence-electron chi connectivity index (χ3n) is 3.06. The summed E-state index contributed by atoms with van der Waals surface area (Å²) in [6, 6.07) is 0. The molecule has 0 heterocycles. The minimum absolute atomic E-state index is 0.0153. The van der Waals surface area contributed by atoms with Crippen molar-refractivity contribution in [3.63, 3.8) is 0 Å². The summed E-state index contributed by atoms with van der Waals surface area (Å²) < 4.78 is 4.52. The van der Waals surface area contributed by atoms with Gasteiger partial charge in [0.1, 0.15) is 6.54 Å². The van der Waals surface area contributed by atoms with Crippen LogP contribution in [-0.2, 0) is 14.3 Å². The van der Waals surface area contributed by atoms with Crippen molar-refractivity contribution >= 4 is 11.9 Å². The van der Waals surface area contributed by atoms with E-state index in [0.717, 1.165) is 25.7 Å². The van der Waals surface area contributed by atoms with E-state index in [1.165, 1.54) is 12.0 Å². The summed E-state index contributed by atoms with van der Waals surface area (Å²) in [6.45, 7) is 2.82. The first-order valence-electron chi connectivity index (χ1n) is 6.55. The molecule has 0 rings (SSSR count). The van der Waals surface area contributed by atoms with Crippen LogP contribution in [0.3, 0.4) is 0 Å². The largest absolute Gasteiger partial charge is 0.468 e. The van der Waals surface area contributed by atoms with Crippen molar-refractivity contribution in [2.45, 2.75) is 39.0 Å². The predicted molar refractivity (Wildman–Crippen MR) is 71.0 cm³/mol. The van der Waals surface area contributed by atoms with Crippen LogP contribution in [0.25, 0.3) is 0 Å². The molecule has 0 aliphatic carbocycles. The van der Waals surface area contributed by atoms with Crippen LogP contribution >= 0.6 is 0 Å². The Balaban J connectivity index is 4.01. The molecule has 1 atom stereocenters. The molecule has 0 saturated carbocycles. The van der Waals surface area contributed by atoms with E-state index < -0.39 is 5.97 Å². The van der Waals surface area contributed by atoms with Gasteiger partial charge in [0, 0.05) is 13.5 Å².